The van der Waals surface area contributed by atoms with E-state index in [1.807, 2.05) is 24.3 Å². The first kappa shape index (κ1) is 13.2. The molecule has 0 spiro atoms. The third-order valence-corrected chi connectivity index (χ3v) is 3.25. The lowest BCUT2D eigenvalue weighted by Gasteiger charge is -2.08. The first-order chi connectivity index (χ1) is 10.2. The van der Waals surface area contributed by atoms with Gasteiger partial charge in [0.15, 0.2) is 0 Å². The Morgan fingerprint density at radius 2 is 1.81 bits per heavy atom. The van der Waals surface area contributed by atoms with E-state index in [1.165, 1.54) is 6.07 Å². The summed E-state index contributed by atoms with van der Waals surface area (Å²) >= 11 is 0. The summed E-state index contributed by atoms with van der Waals surface area (Å²) in [5.41, 5.74) is 1.01. The zero-order valence-corrected chi connectivity index (χ0v) is 11.2. The molecule has 0 aliphatic heterocycles. The Hall–Kier alpha value is -2.75. The van der Waals surface area contributed by atoms with Gasteiger partial charge in [-0.3, -0.25) is 9.78 Å². The lowest BCUT2D eigenvalue weighted by molar-refractivity contribution is -0.115. The van der Waals surface area contributed by atoms with E-state index in [0.717, 1.165) is 10.8 Å². The molecule has 0 unspecified atom stereocenters. The van der Waals surface area contributed by atoms with Gasteiger partial charge in [0.2, 0.25) is 5.91 Å². The first-order valence-electron chi connectivity index (χ1n) is 6.60. The molecule has 104 valence electrons. The van der Waals surface area contributed by atoms with Crippen LogP contribution in [0.3, 0.4) is 0 Å². The lowest BCUT2D eigenvalue weighted by Crippen LogP contribution is -2.15. The van der Waals surface area contributed by atoms with E-state index in [0.29, 0.717) is 11.3 Å². The maximum Gasteiger partial charge on any atom is 0.228 e. The Morgan fingerprint density at radius 3 is 2.67 bits per heavy atom. The first-order valence-corrected chi connectivity index (χ1v) is 6.60. The molecule has 0 aliphatic carbocycles. The summed E-state index contributed by atoms with van der Waals surface area (Å²) in [6, 6.07) is 13.9. The van der Waals surface area contributed by atoms with Crippen LogP contribution in [-0.2, 0) is 11.2 Å². The van der Waals surface area contributed by atoms with Crippen LogP contribution in [0.5, 0.6) is 0 Å². The van der Waals surface area contributed by atoms with Crippen LogP contribution in [0.2, 0.25) is 0 Å². The van der Waals surface area contributed by atoms with Gasteiger partial charge in [-0.05, 0) is 11.6 Å². The van der Waals surface area contributed by atoms with Crippen molar-refractivity contribution in [3.8, 4) is 0 Å². The molecule has 1 N–H and O–H groups in total. The number of carbonyl (C=O) groups is 1. The summed E-state index contributed by atoms with van der Waals surface area (Å²) in [5, 5.41) is 4.65. The monoisotopic (exact) mass is 280 g/mol. The molecule has 4 heteroatoms. The topological polar surface area (TPSA) is 42.0 Å². The van der Waals surface area contributed by atoms with Crippen LogP contribution < -0.4 is 5.32 Å². The van der Waals surface area contributed by atoms with Crippen LogP contribution in [0.25, 0.3) is 10.8 Å². The van der Waals surface area contributed by atoms with E-state index in [9.17, 15) is 9.18 Å². The normalized spacial score (nSPS) is 10.5. The van der Waals surface area contributed by atoms with Gasteiger partial charge in [0.1, 0.15) is 5.82 Å². The number of halogens is 1. The van der Waals surface area contributed by atoms with Gasteiger partial charge in [0.25, 0.3) is 0 Å². The maximum absolute atomic E-state index is 13.5. The zero-order valence-electron chi connectivity index (χ0n) is 11.2. The number of fused-ring (bicyclic) bond motifs is 1. The molecule has 0 bridgehead atoms. The largest absolute Gasteiger partial charge is 0.324 e. The predicted octanol–water partition coefficient (Wildman–Crippen LogP) is 3.56. The van der Waals surface area contributed by atoms with E-state index in [2.05, 4.69) is 10.3 Å². The number of hydrogen-bond acceptors (Lipinski definition) is 2. The van der Waals surface area contributed by atoms with Crippen LogP contribution in [0, 0.1) is 5.82 Å². The van der Waals surface area contributed by atoms with Crippen molar-refractivity contribution < 1.29 is 9.18 Å². The number of hydrogen-bond donors (Lipinski definition) is 1. The number of nitrogens with one attached hydrogen (secondary N) is 1. The number of anilines is 1. The summed E-state index contributed by atoms with van der Waals surface area (Å²) < 4.78 is 13.5. The highest BCUT2D eigenvalue weighted by Gasteiger charge is 2.09. The van der Waals surface area contributed by atoms with Crippen molar-refractivity contribution in [3.63, 3.8) is 0 Å². The quantitative estimate of drug-likeness (QED) is 0.797. The standard InChI is InChI=1S/C17H13FN2O/c18-15-8-4-2-5-12(15)9-17(21)20-16-11-19-10-13-6-1-3-7-14(13)16/h1-8,10-11H,9H2,(H,20,21). The fourth-order valence-corrected chi connectivity index (χ4v) is 2.23. The minimum atomic E-state index is -0.372. The van der Waals surface area contributed by atoms with Gasteiger partial charge in [-0.1, -0.05) is 42.5 Å². The fraction of sp³-hybridized carbons (Fsp3) is 0.0588. The highest BCUT2D eigenvalue weighted by atomic mass is 19.1. The molecule has 1 amide bonds. The fourth-order valence-electron chi connectivity index (χ4n) is 2.23. The van der Waals surface area contributed by atoms with E-state index < -0.39 is 0 Å². The van der Waals surface area contributed by atoms with E-state index >= 15 is 0 Å². The van der Waals surface area contributed by atoms with Crippen molar-refractivity contribution in [2.75, 3.05) is 5.32 Å². The predicted molar refractivity (Wildman–Crippen MR) is 80.5 cm³/mol. The van der Waals surface area contributed by atoms with Gasteiger partial charge in [0.05, 0.1) is 18.3 Å². The summed E-state index contributed by atoms with van der Waals surface area (Å²) in [5.74, 6) is -0.637. The van der Waals surface area contributed by atoms with E-state index in [1.54, 1.807) is 30.6 Å². The number of nitrogens with zero attached hydrogens (tertiary/aromatic N) is 1. The molecule has 21 heavy (non-hydrogen) atoms. The Bertz CT molecular complexity index is 796. The van der Waals surface area contributed by atoms with Crippen molar-refractivity contribution in [1.29, 1.82) is 0 Å². The summed E-state index contributed by atoms with van der Waals surface area (Å²) in [6.45, 7) is 0. The SMILES string of the molecule is O=C(Cc1ccccc1F)Nc1cncc2ccccc12. The molecule has 3 rings (SSSR count). The summed E-state index contributed by atoms with van der Waals surface area (Å²) in [4.78, 5) is 16.2. The van der Waals surface area contributed by atoms with Gasteiger partial charge >= 0.3 is 0 Å². The minimum Gasteiger partial charge on any atom is -0.324 e. The Kier molecular flexibility index (Phi) is 3.60. The second-order valence-corrected chi connectivity index (χ2v) is 4.72. The van der Waals surface area contributed by atoms with Crippen LogP contribution >= 0.6 is 0 Å². The average molecular weight is 280 g/mol. The second-order valence-electron chi connectivity index (χ2n) is 4.72. The number of pyridine rings is 1. The third kappa shape index (κ3) is 2.89. The molecule has 1 heterocycles. The number of amides is 1. The van der Waals surface area contributed by atoms with Crippen LogP contribution in [0.1, 0.15) is 5.56 Å². The third-order valence-electron chi connectivity index (χ3n) is 3.25. The average Bonchev–Trinajstić information content (AvgIpc) is 2.50. The molecule has 3 aromatic rings. The smallest absolute Gasteiger partial charge is 0.228 e. The van der Waals surface area contributed by atoms with Crippen molar-refractivity contribution in [2.45, 2.75) is 6.42 Å². The Morgan fingerprint density at radius 1 is 1.05 bits per heavy atom. The van der Waals surface area contributed by atoms with Crippen molar-refractivity contribution in [3.05, 3.63) is 72.3 Å². The molecular formula is C17H13FN2O. The Labute approximate surface area is 121 Å². The number of benzene rings is 2. The summed E-state index contributed by atoms with van der Waals surface area (Å²) in [6.07, 6.45) is 3.33. The molecule has 0 saturated carbocycles. The van der Waals surface area contributed by atoms with Crippen molar-refractivity contribution in [1.82, 2.24) is 4.98 Å². The molecule has 0 saturated heterocycles. The number of rotatable bonds is 3. The van der Waals surface area contributed by atoms with Crippen LogP contribution in [0.4, 0.5) is 10.1 Å². The molecule has 0 fully saturated rings. The van der Waals surface area contributed by atoms with Gasteiger partial charge < -0.3 is 5.32 Å². The highest BCUT2D eigenvalue weighted by molar-refractivity contribution is 6.02. The van der Waals surface area contributed by atoms with Gasteiger partial charge in [-0.25, -0.2) is 4.39 Å². The minimum absolute atomic E-state index is 0.00407. The van der Waals surface area contributed by atoms with Gasteiger partial charge in [-0.15, -0.1) is 0 Å². The molecule has 0 radical (unpaired) electrons. The van der Waals surface area contributed by atoms with Crippen molar-refractivity contribution >= 4 is 22.4 Å². The maximum atomic E-state index is 13.5. The van der Waals surface area contributed by atoms with E-state index in [4.69, 9.17) is 0 Å². The lowest BCUT2D eigenvalue weighted by atomic mass is 10.1. The molecule has 0 atom stereocenters. The van der Waals surface area contributed by atoms with Gasteiger partial charge in [-0.2, -0.15) is 0 Å². The summed E-state index contributed by atoms with van der Waals surface area (Å²) in [7, 11) is 0. The van der Waals surface area contributed by atoms with Crippen LogP contribution in [0.15, 0.2) is 60.9 Å². The Balaban J connectivity index is 1.82. The van der Waals surface area contributed by atoms with Crippen LogP contribution in [-0.4, -0.2) is 10.9 Å². The van der Waals surface area contributed by atoms with Crippen molar-refractivity contribution in [2.24, 2.45) is 0 Å². The molecule has 2 aromatic carbocycles. The van der Waals surface area contributed by atoms with Gasteiger partial charge in [0, 0.05) is 17.0 Å². The molecule has 3 nitrogen and oxygen atoms in total. The number of carbonyl (C=O) groups excluding carboxylic acids is 1. The second kappa shape index (κ2) is 5.71. The van der Waals surface area contributed by atoms with E-state index in [-0.39, 0.29) is 18.1 Å². The highest BCUT2D eigenvalue weighted by Crippen LogP contribution is 2.21. The molecular weight excluding hydrogens is 267 g/mol. The zero-order chi connectivity index (χ0) is 14.7. The molecule has 1 aromatic heterocycles. The number of aromatic nitrogens is 1. The molecule has 0 aliphatic rings.